The van der Waals surface area contributed by atoms with Gasteiger partial charge in [-0.2, -0.15) is 0 Å². The summed E-state index contributed by atoms with van der Waals surface area (Å²) < 4.78 is 5.91. The molecule has 2 aromatic heterocycles. The van der Waals surface area contributed by atoms with E-state index >= 15 is 0 Å². The van der Waals surface area contributed by atoms with Gasteiger partial charge in [0.2, 0.25) is 5.28 Å². The molecule has 6 heteroatoms. The molecule has 0 aliphatic heterocycles. The SMILES string of the molecule is Clc1cc(-c2ccc(Br)o2)nc(Cl)n1. The van der Waals surface area contributed by atoms with Crippen molar-refractivity contribution in [2.75, 3.05) is 0 Å². The second kappa shape index (κ2) is 3.88. The van der Waals surface area contributed by atoms with Crippen molar-refractivity contribution in [1.29, 1.82) is 0 Å². The summed E-state index contributed by atoms with van der Waals surface area (Å²) in [5.41, 5.74) is 0.556. The fourth-order valence-corrected chi connectivity index (χ4v) is 1.68. The van der Waals surface area contributed by atoms with Crippen LogP contribution in [-0.4, -0.2) is 9.97 Å². The normalized spacial score (nSPS) is 10.5. The third kappa shape index (κ3) is 2.08. The molecule has 3 nitrogen and oxygen atoms in total. The standard InChI is InChI=1S/C8H3BrCl2N2O/c9-6-2-1-5(14-6)4-3-7(10)13-8(11)12-4/h1-3H. The average molecular weight is 294 g/mol. The Balaban J connectivity index is 2.51. The maximum absolute atomic E-state index is 5.72. The molecular weight excluding hydrogens is 291 g/mol. The Morgan fingerprint density at radius 3 is 2.57 bits per heavy atom. The number of halogens is 3. The molecule has 0 aliphatic rings. The number of nitrogens with zero attached hydrogens (tertiary/aromatic N) is 2. The molecule has 2 rings (SSSR count). The van der Waals surface area contributed by atoms with Crippen molar-refractivity contribution >= 4 is 39.1 Å². The smallest absolute Gasteiger partial charge is 0.224 e. The van der Waals surface area contributed by atoms with Crippen molar-refractivity contribution in [2.24, 2.45) is 0 Å². The molecule has 0 unspecified atom stereocenters. The number of aromatic nitrogens is 2. The third-order valence-corrected chi connectivity index (χ3v) is 2.28. The summed E-state index contributed by atoms with van der Waals surface area (Å²) in [6.45, 7) is 0. The number of rotatable bonds is 1. The minimum atomic E-state index is 0.0972. The summed E-state index contributed by atoms with van der Waals surface area (Å²) in [5.74, 6) is 0.586. The van der Waals surface area contributed by atoms with Gasteiger partial charge in [0, 0.05) is 6.07 Å². The van der Waals surface area contributed by atoms with E-state index in [9.17, 15) is 0 Å². The molecule has 72 valence electrons. The van der Waals surface area contributed by atoms with E-state index in [1.165, 1.54) is 0 Å². The van der Waals surface area contributed by atoms with Crippen molar-refractivity contribution in [2.45, 2.75) is 0 Å². The van der Waals surface area contributed by atoms with Crippen LogP contribution in [0.1, 0.15) is 0 Å². The fourth-order valence-electron chi connectivity index (χ4n) is 0.968. The lowest BCUT2D eigenvalue weighted by molar-refractivity contribution is 0.553. The van der Waals surface area contributed by atoms with Gasteiger partial charge >= 0.3 is 0 Å². The third-order valence-electron chi connectivity index (χ3n) is 1.49. The lowest BCUT2D eigenvalue weighted by Gasteiger charge is -1.97. The summed E-state index contributed by atoms with van der Waals surface area (Å²) >= 11 is 14.6. The van der Waals surface area contributed by atoms with E-state index in [0.29, 0.717) is 16.1 Å². The largest absolute Gasteiger partial charge is 0.448 e. The first-order valence-electron chi connectivity index (χ1n) is 3.61. The minimum absolute atomic E-state index is 0.0972. The number of hydrogen-bond acceptors (Lipinski definition) is 3. The molecule has 0 fully saturated rings. The Hall–Kier alpha value is -0.580. The lowest BCUT2D eigenvalue weighted by atomic mass is 10.3. The summed E-state index contributed by atoms with van der Waals surface area (Å²) in [4.78, 5) is 7.71. The monoisotopic (exact) mass is 292 g/mol. The molecule has 14 heavy (non-hydrogen) atoms. The van der Waals surface area contributed by atoms with Gasteiger partial charge in [-0.25, -0.2) is 9.97 Å². The predicted molar refractivity (Wildman–Crippen MR) is 57.5 cm³/mol. The second-order valence-electron chi connectivity index (χ2n) is 2.45. The lowest BCUT2D eigenvalue weighted by Crippen LogP contribution is -1.86. The number of furan rings is 1. The predicted octanol–water partition coefficient (Wildman–Crippen LogP) is 3.81. The van der Waals surface area contributed by atoms with Crippen molar-refractivity contribution in [1.82, 2.24) is 9.97 Å². The van der Waals surface area contributed by atoms with Crippen LogP contribution in [0, 0.1) is 0 Å². The number of hydrogen-bond donors (Lipinski definition) is 0. The molecule has 0 aromatic carbocycles. The molecule has 0 spiro atoms. The highest BCUT2D eigenvalue weighted by molar-refractivity contribution is 9.10. The Morgan fingerprint density at radius 2 is 2.00 bits per heavy atom. The van der Waals surface area contributed by atoms with Gasteiger partial charge in [-0.05, 0) is 39.7 Å². The quantitative estimate of drug-likeness (QED) is 0.593. The van der Waals surface area contributed by atoms with Gasteiger partial charge in [0.1, 0.15) is 10.8 Å². The Bertz CT molecular complexity index is 452. The summed E-state index contributed by atoms with van der Waals surface area (Å²) in [7, 11) is 0. The zero-order chi connectivity index (χ0) is 10.1. The van der Waals surface area contributed by atoms with Gasteiger partial charge < -0.3 is 4.42 Å². The van der Waals surface area contributed by atoms with E-state index in [1.54, 1.807) is 18.2 Å². The van der Waals surface area contributed by atoms with E-state index < -0.39 is 0 Å². The van der Waals surface area contributed by atoms with Crippen molar-refractivity contribution in [3.63, 3.8) is 0 Å². The zero-order valence-electron chi connectivity index (χ0n) is 6.67. The topological polar surface area (TPSA) is 38.9 Å². The van der Waals surface area contributed by atoms with Crippen LogP contribution in [0.3, 0.4) is 0 Å². The van der Waals surface area contributed by atoms with E-state index in [0.717, 1.165) is 0 Å². The summed E-state index contributed by atoms with van der Waals surface area (Å²) in [6, 6.07) is 5.11. The first-order chi connectivity index (χ1) is 6.65. The second-order valence-corrected chi connectivity index (χ2v) is 3.96. The van der Waals surface area contributed by atoms with Gasteiger partial charge in [0.15, 0.2) is 10.4 Å². The molecule has 0 radical (unpaired) electrons. The maximum Gasteiger partial charge on any atom is 0.224 e. The van der Waals surface area contributed by atoms with Crippen LogP contribution in [0.4, 0.5) is 0 Å². The highest BCUT2D eigenvalue weighted by Gasteiger charge is 2.07. The molecule has 0 N–H and O–H groups in total. The highest BCUT2D eigenvalue weighted by atomic mass is 79.9. The maximum atomic E-state index is 5.72. The van der Waals surface area contributed by atoms with Crippen LogP contribution in [0.5, 0.6) is 0 Å². The molecule has 0 amide bonds. The van der Waals surface area contributed by atoms with Gasteiger partial charge in [-0.1, -0.05) is 11.6 Å². The Kier molecular flexibility index (Phi) is 2.76. The van der Waals surface area contributed by atoms with Gasteiger partial charge in [-0.15, -0.1) is 0 Å². The molecule has 0 saturated carbocycles. The van der Waals surface area contributed by atoms with E-state index in [2.05, 4.69) is 25.9 Å². The van der Waals surface area contributed by atoms with Crippen LogP contribution < -0.4 is 0 Å². The van der Waals surface area contributed by atoms with Crippen LogP contribution >= 0.6 is 39.1 Å². The van der Waals surface area contributed by atoms with Gasteiger partial charge in [-0.3, -0.25) is 0 Å². The van der Waals surface area contributed by atoms with Crippen LogP contribution in [-0.2, 0) is 0 Å². The van der Waals surface area contributed by atoms with Crippen LogP contribution in [0.25, 0.3) is 11.5 Å². The highest BCUT2D eigenvalue weighted by Crippen LogP contribution is 2.25. The van der Waals surface area contributed by atoms with Gasteiger partial charge in [0.05, 0.1) is 0 Å². The van der Waals surface area contributed by atoms with E-state index in [4.69, 9.17) is 27.6 Å². The first-order valence-corrected chi connectivity index (χ1v) is 5.16. The van der Waals surface area contributed by atoms with E-state index in [-0.39, 0.29) is 10.4 Å². The van der Waals surface area contributed by atoms with Crippen LogP contribution in [0.2, 0.25) is 10.4 Å². The van der Waals surface area contributed by atoms with Crippen molar-refractivity contribution in [3.05, 3.63) is 33.3 Å². The van der Waals surface area contributed by atoms with Crippen LogP contribution in [0.15, 0.2) is 27.3 Å². The molecule has 2 heterocycles. The van der Waals surface area contributed by atoms with Crippen molar-refractivity contribution < 1.29 is 4.42 Å². The van der Waals surface area contributed by atoms with Gasteiger partial charge in [0.25, 0.3) is 0 Å². The molecule has 2 aromatic rings. The molecular formula is C8H3BrCl2N2O. The fraction of sp³-hybridized carbons (Fsp3) is 0. The van der Waals surface area contributed by atoms with Crippen molar-refractivity contribution in [3.8, 4) is 11.5 Å². The van der Waals surface area contributed by atoms with E-state index in [1.807, 2.05) is 0 Å². The Labute approximate surface area is 98.2 Å². The molecule has 0 saturated heterocycles. The Morgan fingerprint density at radius 1 is 1.21 bits per heavy atom. The summed E-state index contributed by atoms with van der Waals surface area (Å²) in [6.07, 6.45) is 0. The minimum Gasteiger partial charge on any atom is -0.448 e. The molecule has 0 atom stereocenters. The zero-order valence-corrected chi connectivity index (χ0v) is 9.77. The summed E-state index contributed by atoms with van der Waals surface area (Å²) in [5, 5.41) is 0.382. The average Bonchev–Trinajstić information content (AvgIpc) is 2.50. The molecule has 0 aliphatic carbocycles. The molecule has 0 bridgehead atoms. The first kappa shape index (κ1) is 9.96.